The fraction of sp³-hybridized carbons (Fsp3) is 0.353. The first kappa shape index (κ1) is 17.1. The summed E-state index contributed by atoms with van der Waals surface area (Å²) in [7, 11) is 0. The third-order valence-electron chi connectivity index (χ3n) is 3.81. The zero-order valence-corrected chi connectivity index (χ0v) is 14.1. The van der Waals surface area contributed by atoms with E-state index in [-0.39, 0.29) is 17.7 Å². The van der Waals surface area contributed by atoms with E-state index in [9.17, 15) is 8.78 Å². The highest BCUT2D eigenvalue weighted by Crippen LogP contribution is 2.28. The third-order valence-corrected chi connectivity index (χ3v) is 3.81. The van der Waals surface area contributed by atoms with E-state index < -0.39 is 6.61 Å². The van der Waals surface area contributed by atoms with Crippen LogP contribution in [0.2, 0.25) is 0 Å². The second-order valence-corrected chi connectivity index (χ2v) is 6.07. The number of anilines is 1. The smallest absolute Gasteiger partial charge is 0.387 e. The van der Waals surface area contributed by atoms with Crippen molar-refractivity contribution < 1.29 is 13.5 Å². The lowest BCUT2D eigenvalue weighted by Crippen LogP contribution is -2.19. The number of ether oxygens (including phenoxy) is 1. The molecule has 25 heavy (non-hydrogen) atoms. The van der Waals surface area contributed by atoms with Crippen LogP contribution >= 0.6 is 0 Å². The standard InChI is InChI=1S/C17H19F2N5O/c1-10(2)15(12-4-6-13(7-5-12)25-16(18)19)23-14-8-11(3)22-17-20-9-21-24(14)17/h4-10,15-16,23H,1-3H3. The summed E-state index contributed by atoms with van der Waals surface area (Å²) in [6.07, 6.45) is 1.45. The first-order valence-electron chi connectivity index (χ1n) is 7.92. The third kappa shape index (κ3) is 3.84. The minimum atomic E-state index is -2.83. The zero-order valence-electron chi connectivity index (χ0n) is 14.1. The molecular weight excluding hydrogens is 328 g/mol. The summed E-state index contributed by atoms with van der Waals surface area (Å²) in [5, 5.41) is 7.65. The van der Waals surface area contributed by atoms with Crippen LogP contribution in [0, 0.1) is 12.8 Å². The fourth-order valence-corrected chi connectivity index (χ4v) is 2.68. The highest BCUT2D eigenvalue weighted by molar-refractivity contribution is 5.47. The molecule has 0 radical (unpaired) electrons. The first-order chi connectivity index (χ1) is 11.9. The van der Waals surface area contributed by atoms with Gasteiger partial charge in [0.15, 0.2) is 0 Å². The predicted octanol–water partition coefficient (Wildman–Crippen LogP) is 3.84. The second-order valence-electron chi connectivity index (χ2n) is 6.07. The molecule has 3 rings (SSSR count). The van der Waals surface area contributed by atoms with Gasteiger partial charge in [-0.2, -0.15) is 23.4 Å². The Hall–Kier alpha value is -2.77. The summed E-state index contributed by atoms with van der Waals surface area (Å²) >= 11 is 0. The Morgan fingerprint density at radius 2 is 1.88 bits per heavy atom. The van der Waals surface area contributed by atoms with Crippen LogP contribution in [0.15, 0.2) is 36.7 Å². The fourth-order valence-electron chi connectivity index (χ4n) is 2.68. The maximum absolute atomic E-state index is 12.3. The molecule has 6 nitrogen and oxygen atoms in total. The summed E-state index contributed by atoms with van der Waals surface area (Å²) in [5.41, 5.74) is 1.78. The summed E-state index contributed by atoms with van der Waals surface area (Å²) < 4.78 is 30.6. The molecule has 0 bridgehead atoms. The number of alkyl halides is 2. The number of hydrogen-bond acceptors (Lipinski definition) is 5. The lowest BCUT2D eigenvalue weighted by molar-refractivity contribution is -0.0498. The van der Waals surface area contributed by atoms with Gasteiger partial charge in [-0.15, -0.1) is 0 Å². The van der Waals surface area contributed by atoms with Gasteiger partial charge in [0.1, 0.15) is 17.9 Å². The summed E-state index contributed by atoms with van der Waals surface area (Å²) in [4.78, 5) is 8.44. The van der Waals surface area contributed by atoms with Crippen molar-refractivity contribution in [3.63, 3.8) is 0 Å². The van der Waals surface area contributed by atoms with E-state index in [4.69, 9.17) is 0 Å². The second kappa shape index (κ2) is 7.00. The average molecular weight is 347 g/mol. The number of aromatic nitrogens is 4. The van der Waals surface area contributed by atoms with Gasteiger partial charge in [0.05, 0.1) is 6.04 Å². The van der Waals surface area contributed by atoms with Crippen molar-refractivity contribution in [1.82, 2.24) is 19.6 Å². The van der Waals surface area contributed by atoms with Crippen molar-refractivity contribution in [3.05, 3.63) is 47.9 Å². The molecular formula is C17H19F2N5O. The molecule has 1 unspecified atom stereocenters. The first-order valence-corrected chi connectivity index (χ1v) is 7.92. The van der Waals surface area contributed by atoms with E-state index >= 15 is 0 Å². The molecule has 0 amide bonds. The molecule has 132 valence electrons. The minimum Gasteiger partial charge on any atom is -0.435 e. The average Bonchev–Trinajstić information content (AvgIpc) is 3.01. The number of rotatable bonds is 6. The molecule has 2 heterocycles. The molecule has 2 aromatic heterocycles. The molecule has 0 fully saturated rings. The van der Waals surface area contributed by atoms with Gasteiger partial charge in [0, 0.05) is 11.8 Å². The molecule has 1 aromatic carbocycles. The van der Waals surface area contributed by atoms with Crippen molar-refractivity contribution in [2.45, 2.75) is 33.4 Å². The van der Waals surface area contributed by atoms with Gasteiger partial charge in [-0.3, -0.25) is 0 Å². The van der Waals surface area contributed by atoms with Crippen LogP contribution in [0.5, 0.6) is 5.75 Å². The highest BCUT2D eigenvalue weighted by Gasteiger charge is 2.18. The van der Waals surface area contributed by atoms with Crippen molar-refractivity contribution in [3.8, 4) is 5.75 Å². The van der Waals surface area contributed by atoms with Crippen LogP contribution < -0.4 is 10.1 Å². The Balaban J connectivity index is 1.89. The number of nitrogens with zero attached hydrogens (tertiary/aromatic N) is 4. The van der Waals surface area contributed by atoms with Crippen LogP contribution in [0.3, 0.4) is 0 Å². The van der Waals surface area contributed by atoms with Gasteiger partial charge in [-0.25, -0.2) is 4.98 Å². The van der Waals surface area contributed by atoms with E-state index in [1.54, 1.807) is 28.8 Å². The lowest BCUT2D eigenvalue weighted by atomic mass is 9.96. The number of fused-ring (bicyclic) bond motifs is 1. The van der Waals surface area contributed by atoms with Crippen LogP contribution in [-0.2, 0) is 0 Å². The molecule has 3 aromatic rings. The summed E-state index contributed by atoms with van der Waals surface area (Å²) in [6, 6.07) is 8.49. The molecule has 1 atom stereocenters. The van der Waals surface area contributed by atoms with Crippen LogP contribution in [0.1, 0.15) is 31.1 Å². The van der Waals surface area contributed by atoms with Gasteiger partial charge in [0.25, 0.3) is 5.78 Å². The predicted molar refractivity (Wildman–Crippen MR) is 89.8 cm³/mol. The van der Waals surface area contributed by atoms with Crippen molar-refractivity contribution in [2.24, 2.45) is 5.92 Å². The van der Waals surface area contributed by atoms with E-state index in [1.807, 2.05) is 13.0 Å². The van der Waals surface area contributed by atoms with E-state index in [2.05, 4.69) is 39.0 Å². The maximum atomic E-state index is 12.3. The van der Waals surface area contributed by atoms with Crippen molar-refractivity contribution in [1.29, 1.82) is 0 Å². The quantitative estimate of drug-likeness (QED) is 0.734. The number of halogens is 2. The monoisotopic (exact) mass is 347 g/mol. The van der Waals surface area contributed by atoms with Crippen LogP contribution in [0.25, 0.3) is 5.78 Å². The Bertz CT molecular complexity index is 848. The highest BCUT2D eigenvalue weighted by atomic mass is 19.3. The Kier molecular flexibility index (Phi) is 4.78. The Morgan fingerprint density at radius 1 is 1.16 bits per heavy atom. The van der Waals surface area contributed by atoms with Gasteiger partial charge in [-0.05, 0) is 30.5 Å². The van der Waals surface area contributed by atoms with Gasteiger partial charge in [-0.1, -0.05) is 26.0 Å². The zero-order chi connectivity index (χ0) is 18.0. The van der Waals surface area contributed by atoms with E-state index in [0.29, 0.717) is 5.78 Å². The molecule has 0 aliphatic heterocycles. The van der Waals surface area contributed by atoms with Gasteiger partial charge < -0.3 is 10.1 Å². The van der Waals surface area contributed by atoms with E-state index in [0.717, 1.165) is 17.1 Å². The minimum absolute atomic E-state index is 0.0465. The number of benzene rings is 1. The number of hydrogen-bond donors (Lipinski definition) is 1. The molecule has 0 saturated carbocycles. The molecule has 1 N–H and O–H groups in total. The summed E-state index contributed by atoms with van der Waals surface area (Å²) in [6.45, 7) is 3.22. The molecule has 0 aliphatic carbocycles. The van der Waals surface area contributed by atoms with E-state index in [1.165, 1.54) is 6.33 Å². The van der Waals surface area contributed by atoms with Crippen LogP contribution in [-0.4, -0.2) is 26.2 Å². The topological polar surface area (TPSA) is 64.3 Å². The summed E-state index contributed by atoms with van der Waals surface area (Å²) in [5.74, 6) is 1.67. The van der Waals surface area contributed by atoms with Crippen molar-refractivity contribution >= 4 is 11.6 Å². The maximum Gasteiger partial charge on any atom is 0.387 e. The van der Waals surface area contributed by atoms with Crippen molar-refractivity contribution in [2.75, 3.05) is 5.32 Å². The van der Waals surface area contributed by atoms with Gasteiger partial charge >= 0.3 is 6.61 Å². The van der Waals surface area contributed by atoms with Gasteiger partial charge in [0.2, 0.25) is 0 Å². The normalized spacial score (nSPS) is 12.8. The molecule has 8 heteroatoms. The Morgan fingerprint density at radius 3 is 2.52 bits per heavy atom. The number of aryl methyl sites for hydroxylation is 1. The number of nitrogens with one attached hydrogen (secondary N) is 1. The SMILES string of the molecule is Cc1cc(NC(c2ccc(OC(F)F)cc2)C(C)C)n2ncnc2n1. The largest absolute Gasteiger partial charge is 0.435 e. The molecule has 0 aliphatic rings. The molecule has 0 spiro atoms. The lowest BCUT2D eigenvalue weighted by Gasteiger charge is -2.24. The molecule has 0 saturated heterocycles. The van der Waals surface area contributed by atoms with Crippen LogP contribution in [0.4, 0.5) is 14.6 Å². The Labute approximate surface area is 143 Å².